The Hall–Kier alpha value is -3.16. The summed E-state index contributed by atoms with van der Waals surface area (Å²) in [6.07, 6.45) is 1.92. The second kappa shape index (κ2) is 8.30. The van der Waals surface area contributed by atoms with Gasteiger partial charge in [-0.3, -0.25) is 14.3 Å². The van der Waals surface area contributed by atoms with Crippen LogP contribution in [0.15, 0.2) is 70.4 Å². The zero-order valence-electron chi connectivity index (χ0n) is 16.7. The van der Waals surface area contributed by atoms with E-state index in [-0.39, 0.29) is 6.61 Å². The zero-order chi connectivity index (χ0) is 21.1. The van der Waals surface area contributed by atoms with Gasteiger partial charge in [-0.2, -0.15) is 0 Å². The van der Waals surface area contributed by atoms with Crippen molar-refractivity contribution in [2.24, 2.45) is 0 Å². The Morgan fingerprint density at radius 1 is 1.17 bits per heavy atom. The van der Waals surface area contributed by atoms with E-state index >= 15 is 0 Å². The lowest BCUT2D eigenvalue weighted by Gasteiger charge is -2.30. The number of H-pyrrole nitrogens is 1. The van der Waals surface area contributed by atoms with Crippen molar-refractivity contribution in [1.29, 1.82) is 0 Å². The molecule has 0 bridgehead atoms. The number of nitrogens with zero attached hydrogens (tertiary/aromatic N) is 1. The number of hydrogen-bond donors (Lipinski definition) is 2. The molecule has 3 aromatic rings. The summed E-state index contributed by atoms with van der Waals surface area (Å²) < 4.78 is 13.7. The maximum Gasteiger partial charge on any atom is 0.330 e. The molecule has 2 aromatic carbocycles. The van der Waals surface area contributed by atoms with Gasteiger partial charge in [0.2, 0.25) is 0 Å². The third kappa shape index (κ3) is 3.81. The quantitative estimate of drug-likeness (QED) is 0.654. The molecule has 4 rings (SSSR count). The molecule has 1 aliphatic rings. The molecule has 7 nitrogen and oxygen atoms in total. The number of ether oxygens (including phenoxy) is 2. The minimum absolute atomic E-state index is 0.258. The number of nitrogens with one attached hydrogen (secondary N) is 1. The van der Waals surface area contributed by atoms with Crippen molar-refractivity contribution in [2.75, 3.05) is 6.61 Å². The Morgan fingerprint density at radius 3 is 2.67 bits per heavy atom. The highest BCUT2D eigenvalue weighted by molar-refractivity contribution is 5.39. The Balaban J connectivity index is 1.62. The molecule has 7 heteroatoms. The number of aromatic amines is 1. The second-order valence-electron chi connectivity index (χ2n) is 7.51. The van der Waals surface area contributed by atoms with Gasteiger partial charge in [0.1, 0.15) is 24.2 Å². The van der Waals surface area contributed by atoms with E-state index in [1.54, 1.807) is 6.92 Å². The van der Waals surface area contributed by atoms with Crippen molar-refractivity contribution in [3.63, 3.8) is 0 Å². The summed E-state index contributed by atoms with van der Waals surface area (Å²) in [5, 5.41) is 10.3. The fourth-order valence-electron chi connectivity index (χ4n) is 3.83. The summed E-state index contributed by atoms with van der Waals surface area (Å²) in [5.74, 6) is 0.626. The first-order valence-corrected chi connectivity index (χ1v) is 9.89. The van der Waals surface area contributed by atoms with Crippen LogP contribution in [0.25, 0.3) is 0 Å². The van der Waals surface area contributed by atoms with Gasteiger partial charge in [0.25, 0.3) is 5.56 Å². The predicted molar refractivity (Wildman–Crippen MR) is 111 cm³/mol. The summed E-state index contributed by atoms with van der Waals surface area (Å²) in [4.78, 5) is 26.3. The van der Waals surface area contributed by atoms with Gasteiger partial charge in [-0.15, -0.1) is 0 Å². The molecular weight excluding hydrogens is 384 g/mol. The first-order valence-electron chi connectivity index (χ1n) is 9.89. The minimum Gasteiger partial charge on any atom is -0.489 e. The molecule has 2 heterocycles. The maximum absolute atomic E-state index is 12.3. The summed E-state index contributed by atoms with van der Waals surface area (Å²) in [6, 6.07) is 17.3. The number of para-hydroxylation sites is 1. The van der Waals surface area contributed by atoms with E-state index in [0.29, 0.717) is 30.8 Å². The summed E-state index contributed by atoms with van der Waals surface area (Å²) in [6.45, 7) is 1.77. The van der Waals surface area contributed by atoms with E-state index in [4.69, 9.17) is 9.47 Å². The number of hydrogen-bond acceptors (Lipinski definition) is 5. The molecule has 0 aliphatic carbocycles. The summed E-state index contributed by atoms with van der Waals surface area (Å²) >= 11 is 0. The van der Waals surface area contributed by atoms with Crippen LogP contribution in [-0.2, 0) is 16.9 Å². The lowest BCUT2D eigenvalue weighted by atomic mass is 9.91. The molecule has 2 N–H and O–H groups in total. The normalized spacial score (nSPS) is 20.9. The smallest absolute Gasteiger partial charge is 0.330 e. The monoisotopic (exact) mass is 408 g/mol. The van der Waals surface area contributed by atoms with Crippen molar-refractivity contribution >= 4 is 0 Å². The highest BCUT2D eigenvalue weighted by Gasteiger charge is 2.44. The fraction of sp³-hybridized carbons (Fsp3) is 0.304. The predicted octanol–water partition coefficient (Wildman–Crippen LogP) is 2.62. The maximum atomic E-state index is 12.3. The molecule has 0 radical (unpaired) electrons. The van der Waals surface area contributed by atoms with E-state index in [0.717, 1.165) is 11.1 Å². The number of aliphatic hydroxyl groups excluding tert-OH is 1. The van der Waals surface area contributed by atoms with Gasteiger partial charge < -0.3 is 14.6 Å². The average molecular weight is 408 g/mol. The molecule has 0 spiro atoms. The van der Waals surface area contributed by atoms with Crippen LogP contribution < -0.4 is 16.0 Å². The van der Waals surface area contributed by atoms with Gasteiger partial charge in [0.05, 0.1) is 6.61 Å². The van der Waals surface area contributed by atoms with Crippen molar-refractivity contribution in [3.05, 3.63) is 98.3 Å². The Morgan fingerprint density at radius 2 is 1.90 bits per heavy atom. The highest BCUT2D eigenvalue weighted by atomic mass is 16.5. The number of aliphatic hydroxyl groups is 1. The molecule has 156 valence electrons. The molecule has 0 amide bonds. The molecule has 1 aromatic heterocycles. The van der Waals surface area contributed by atoms with Crippen molar-refractivity contribution in [3.8, 4) is 5.75 Å². The zero-order valence-corrected chi connectivity index (χ0v) is 16.7. The van der Waals surface area contributed by atoms with Crippen molar-refractivity contribution in [2.45, 2.75) is 38.2 Å². The summed E-state index contributed by atoms with van der Waals surface area (Å²) in [5.41, 5.74) is 0.249. The molecule has 1 aliphatic heterocycles. The second-order valence-corrected chi connectivity index (χ2v) is 7.51. The number of rotatable bonds is 6. The SMILES string of the molecule is Cc1cn([C@H]2CC[C@](CO)(c3ccccc3OCc3ccccc3)O2)c(=O)[nH]c1=O. The lowest BCUT2D eigenvalue weighted by Crippen LogP contribution is -2.35. The van der Waals surface area contributed by atoms with Crippen LogP contribution in [0, 0.1) is 6.92 Å². The van der Waals surface area contributed by atoms with Gasteiger partial charge in [-0.25, -0.2) is 4.79 Å². The van der Waals surface area contributed by atoms with Crippen LogP contribution in [0.1, 0.15) is 35.8 Å². The fourth-order valence-corrected chi connectivity index (χ4v) is 3.83. The van der Waals surface area contributed by atoms with Gasteiger partial charge in [0.15, 0.2) is 0 Å². The number of benzene rings is 2. The molecule has 2 atom stereocenters. The molecule has 1 fully saturated rings. The van der Waals surface area contributed by atoms with Crippen LogP contribution in [0.2, 0.25) is 0 Å². The van der Waals surface area contributed by atoms with E-state index in [1.807, 2.05) is 54.6 Å². The Labute approximate surface area is 173 Å². The Bertz CT molecular complexity index is 1140. The van der Waals surface area contributed by atoms with Gasteiger partial charge in [-0.05, 0) is 31.4 Å². The molecule has 30 heavy (non-hydrogen) atoms. The van der Waals surface area contributed by atoms with Gasteiger partial charge in [0, 0.05) is 17.3 Å². The number of aryl methyl sites for hydroxylation is 1. The molecule has 0 saturated carbocycles. The van der Waals surface area contributed by atoms with Gasteiger partial charge >= 0.3 is 5.69 Å². The third-order valence-corrected chi connectivity index (χ3v) is 5.48. The molecular formula is C23H24N2O5. The van der Waals surface area contributed by atoms with Crippen LogP contribution in [0.3, 0.4) is 0 Å². The lowest BCUT2D eigenvalue weighted by molar-refractivity contribution is -0.106. The number of aromatic nitrogens is 2. The average Bonchev–Trinajstić information content (AvgIpc) is 3.21. The third-order valence-electron chi connectivity index (χ3n) is 5.48. The first kappa shape index (κ1) is 20.1. The largest absolute Gasteiger partial charge is 0.489 e. The molecule has 0 unspecified atom stereocenters. The van der Waals surface area contributed by atoms with Gasteiger partial charge in [-0.1, -0.05) is 48.5 Å². The minimum atomic E-state index is -0.999. The Kier molecular flexibility index (Phi) is 5.57. The summed E-state index contributed by atoms with van der Waals surface area (Å²) in [7, 11) is 0. The van der Waals surface area contributed by atoms with E-state index in [2.05, 4.69) is 4.98 Å². The van der Waals surface area contributed by atoms with Crippen LogP contribution in [0.5, 0.6) is 5.75 Å². The standard InChI is InChI=1S/C23H24N2O5/c1-16-13-25(22(28)24-21(16)27)20-11-12-23(15-26,30-20)18-9-5-6-10-19(18)29-14-17-7-3-2-4-8-17/h2-10,13,20,26H,11-12,14-15H2,1H3,(H,24,27,28)/t20-,23+/m1/s1. The van der Waals surface area contributed by atoms with E-state index in [9.17, 15) is 14.7 Å². The topological polar surface area (TPSA) is 93.6 Å². The van der Waals surface area contributed by atoms with E-state index < -0.39 is 23.1 Å². The van der Waals surface area contributed by atoms with Crippen LogP contribution in [-0.4, -0.2) is 21.3 Å². The van der Waals surface area contributed by atoms with E-state index in [1.165, 1.54) is 10.8 Å². The van der Waals surface area contributed by atoms with Crippen molar-refractivity contribution < 1.29 is 14.6 Å². The highest BCUT2D eigenvalue weighted by Crippen LogP contribution is 2.46. The van der Waals surface area contributed by atoms with Crippen LogP contribution in [0.4, 0.5) is 0 Å². The van der Waals surface area contributed by atoms with Crippen LogP contribution >= 0.6 is 0 Å². The van der Waals surface area contributed by atoms with Crippen molar-refractivity contribution in [1.82, 2.24) is 9.55 Å². The molecule has 1 saturated heterocycles. The first-order chi connectivity index (χ1) is 14.5.